The zero-order valence-electron chi connectivity index (χ0n) is 7.88. The lowest BCUT2D eigenvalue weighted by Gasteiger charge is -2.01. The van der Waals surface area contributed by atoms with E-state index in [1.54, 1.807) is 11.3 Å². The molecule has 0 amide bonds. The Bertz CT molecular complexity index is 462. The number of alkyl halides is 1. The summed E-state index contributed by atoms with van der Waals surface area (Å²) in [5.41, 5.74) is 2.41. The van der Waals surface area contributed by atoms with Crippen molar-refractivity contribution in [2.75, 3.05) is 0 Å². The molecule has 0 unspecified atom stereocenters. The summed E-state index contributed by atoms with van der Waals surface area (Å²) in [4.78, 5) is 1.01. The van der Waals surface area contributed by atoms with Gasteiger partial charge in [-0.2, -0.15) is 0 Å². The molecule has 3 heteroatoms. The van der Waals surface area contributed by atoms with E-state index in [-0.39, 0.29) is 6.61 Å². The molecular weight excluding hydrogens is 216 g/mol. The zero-order valence-corrected chi connectivity index (χ0v) is 9.45. The van der Waals surface area contributed by atoms with Gasteiger partial charge in [-0.3, -0.25) is 0 Å². The standard InChI is InChI=1S/C11H11ClOS/c1-7-9(5-12)3-2-8-4-10(6-13)14-11(7)8/h2-4,13H,5-6H2,1H3. The monoisotopic (exact) mass is 226 g/mol. The minimum absolute atomic E-state index is 0.120. The number of halogens is 1. The maximum atomic E-state index is 9.04. The van der Waals surface area contributed by atoms with Crippen LogP contribution in [0, 0.1) is 6.92 Å². The largest absolute Gasteiger partial charge is 0.391 e. The van der Waals surface area contributed by atoms with E-state index in [9.17, 15) is 0 Å². The molecule has 2 aromatic rings. The van der Waals surface area contributed by atoms with Crippen LogP contribution in [0.4, 0.5) is 0 Å². The third-order valence-corrected chi connectivity index (χ3v) is 3.94. The molecule has 0 saturated carbocycles. The molecule has 2 rings (SSSR count). The van der Waals surface area contributed by atoms with Crippen molar-refractivity contribution >= 4 is 33.0 Å². The van der Waals surface area contributed by atoms with Gasteiger partial charge in [0.15, 0.2) is 0 Å². The summed E-state index contributed by atoms with van der Waals surface area (Å²) in [6.07, 6.45) is 0. The summed E-state index contributed by atoms with van der Waals surface area (Å²) >= 11 is 7.47. The van der Waals surface area contributed by atoms with E-state index in [0.717, 1.165) is 4.88 Å². The fourth-order valence-corrected chi connectivity index (χ4v) is 2.89. The molecule has 1 nitrogen and oxygen atoms in total. The smallest absolute Gasteiger partial charge is 0.0774 e. The molecule has 1 aromatic carbocycles. The van der Waals surface area contributed by atoms with Crippen LogP contribution in [-0.2, 0) is 12.5 Å². The molecule has 0 aliphatic carbocycles. The second-order valence-electron chi connectivity index (χ2n) is 3.27. The molecular formula is C11H11ClOS. The fourth-order valence-electron chi connectivity index (χ4n) is 1.56. The molecule has 1 heterocycles. The summed E-state index contributed by atoms with van der Waals surface area (Å²) in [5.74, 6) is 0.550. The summed E-state index contributed by atoms with van der Waals surface area (Å²) < 4.78 is 1.24. The highest BCUT2D eigenvalue weighted by Gasteiger charge is 2.06. The van der Waals surface area contributed by atoms with E-state index in [2.05, 4.69) is 19.1 Å². The third kappa shape index (κ3) is 1.54. The average Bonchev–Trinajstić information content (AvgIpc) is 2.62. The van der Waals surface area contributed by atoms with Crippen molar-refractivity contribution in [3.05, 3.63) is 34.2 Å². The number of benzene rings is 1. The normalized spacial score (nSPS) is 11.1. The van der Waals surface area contributed by atoms with Crippen LogP contribution in [0.15, 0.2) is 18.2 Å². The first kappa shape index (κ1) is 9.97. The van der Waals surface area contributed by atoms with Gasteiger partial charge in [0.2, 0.25) is 0 Å². The van der Waals surface area contributed by atoms with E-state index in [4.69, 9.17) is 16.7 Å². The van der Waals surface area contributed by atoms with Crippen molar-refractivity contribution in [1.82, 2.24) is 0 Å². The molecule has 14 heavy (non-hydrogen) atoms. The molecule has 0 atom stereocenters. The van der Waals surface area contributed by atoms with E-state index in [1.165, 1.54) is 21.2 Å². The lowest BCUT2D eigenvalue weighted by atomic mass is 10.1. The second kappa shape index (κ2) is 3.89. The van der Waals surface area contributed by atoms with Gasteiger partial charge in [-0.25, -0.2) is 0 Å². The van der Waals surface area contributed by atoms with Crippen LogP contribution in [0.3, 0.4) is 0 Å². The van der Waals surface area contributed by atoms with Gasteiger partial charge in [-0.15, -0.1) is 22.9 Å². The van der Waals surface area contributed by atoms with Gasteiger partial charge in [0.25, 0.3) is 0 Å². The molecule has 74 valence electrons. The van der Waals surface area contributed by atoms with Gasteiger partial charge >= 0.3 is 0 Å². The predicted molar refractivity (Wildman–Crippen MR) is 62.0 cm³/mol. The van der Waals surface area contributed by atoms with Crippen molar-refractivity contribution in [1.29, 1.82) is 0 Å². The maximum absolute atomic E-state index is 9.04. The van der Waals surface area contributed by atoms with E-state index < -0.39 is 0 Å². The molecule has 1 N–H and O–H groups in total. The second-order valence-corrected chi connectivity index (χ2v) is 4.68. The van der Waals surface area contributed by atoms with Crippen LogP contribution >= 0.6 is 22.9 Å². The first-order chi connectivity index (χ1) is 6.76. The van der Waals surface area contributed by atoms with E-state index in [0.29, 0.717) is 5.88 Å². The number of hydrogen-bond acceptors (Lipinski definition) is 2. The molecule has 0 aliphatic rings. The lowest BCUT2D eigenvalue weighted by molar-refractivity contribution is 0.285. The van der Waals surface area contributed by atoms with Crippen molar-refractivity contribution in [3.8, 4) is 0 Å². The van der Waals surface area contributed by atoms with Gasteiger partial charge in [0.05, 0.1) is 6.61 Å². The fraction of sp³-hybridized carbons (Fsp3) is 0.273. The third-order valence-electron chi connectivity index (χ3n) is 2.40. The number of fused-ring (bicyclic) bond motifs is 1. The Morgan fingerprint density at radius 2 is 2.21 bits per heavy atom. The highest BCUT2D eigenvalue weighted by molar-refractivity contribution is 7.19. The number of aliphatic hydroxyl groups excluding tert-OH is 1. The minimum Gasteiger partial charge on any atom is -0.391 e. The number of thiophene rings is 1. The highest BCUT2D eigenvalue weighted by Crippen LogP contribution is 2.30. The van der Waals surface area contributed by atoms with Crippen LogP contribution in [0.25, 0.3) is 10.1 Å². The SMILES string of the molecule is Cc1c(CCl)ccc2cc(CO)sc12. The Morgan fingerprint density at radius 1 is 1.43 bits per heavy atom. The summed E-state index contributed by atoms with van der Waals surface area (Å²) in [6, 6.07) is 6.15. The number of aliphatic hydroxyl groups is 1. The Kier molecular flexibility index (Phi) is 2.77. The van der Waals surface area contributed by atoms with Crippen LogP contribution in [0.2, 0.25) is 0 Å². The van der Waals surface area contributed by atoms with Gasteiger partial charge in [0, 0.05) is 15.5 Å². The lowest BCUT2D eigenvalue weighted by Crippen LogP contribution is -1.83. The number of hydrogen-bond donors (Lipinski definition) is 1. The summed E-state index contributed by atoms with van der Waals surface area (Å²) in [7, 11) is 0. The molecule has 1 aromatic heterocycles. The molecule has 0 saturated heterocycles. The zero-order chi connectivity index (χ0) is 10.1. The van der Waals surface area contributed by atoms with Crippen molar-refractivity contribution in [2.45, 2.75) is 19.4 Å². The maximum Gasteiger partial charge on any atom is 0.0774 e. The Hall–Kier alpha value is -0.570. The van der Waals surface area contributed by atoms with Crippen LogP contribution in [0.5, 0.6) is 0 Å². The Balaban J connectivity index is 2.68. The summed E-state index contributed by atoms with van der Waals surface area (Å²) in [5, 5.41) is 10.2. The van der Waals surface area contributed by atoms with Gasteiger partial charge < -0.3 is 5.11 Å². The Morgan fingerprint density at radius 3 is 2.86 bits per heavy atom. The van der Waals surface area contributed by atoms with E-state index in [1.807, 2.05) is 6.07 Å². The van der Waals surface area contributed by atoms with Gasteiger partial charge in [0.1, 0.15) is 0 Å². The molecule has 0 bridgehead atoms. The molecule has 0 spiro atoms. The highest BCUT2D eigenvalue weighted by atomic mass is 35.5. The first-order valence-electron chi connectivity index (χ1n) is 4.44. The molecule has 0 radical (unpaired) electrons. The predicted octanol–water partition coefficient (Wildman–Crippen LogP) is 3.44. The first-order valence-corrected chi connectivity index (χ1v) is 5.79. The number of aryl methyl sites for hydroxylation is 1. The van der Waals surface area contributed by atoms with Crippen LogP contribution < -0.4 is 0 Å². The summed E-state index contributed by atoms with van der Waals surface area (Å²) in [6.45, 7) is 2.20. The molecule has 0 aliphatic heterocycles. The minimum atomic E-state index is 0.120. The van der Waals surface area contributed by atoms with Crippen molar-refractivity contribution in [3.63, 3.8) is 0 Å². The molecule has 0 fully saturated rings. The topological polar surface area (TPSA) is 20.2 Å². The van der Waals surface area contributed by atoms with Crippen LogP contribution in [-0.4, -0.2) is 5.11 Å². The van der Waals surface area contributed by atoms with Crippen molar-refractivity contribution in [2.24, 2.45) is 0 Å². The van der Waals surface area contributed by atoms with Gasteiger partial charge in [-0.05, 0) is 29.5 Å². The quantitative estimate of drug-likeness (QED) is 0.778. The Labute approximate surface area is 91.9 Å². The van der Waals surface area contributed by atoms with Crippen molar-refractivity contribution < 1.29 is 5.11 Å². The number of rotatable bonds is 2. The van der Waals surface area contributed by atoms with Gasteiger partial charge in [-0.1, -0.05) is 12.1 Å². The average molecular weight is 227 g/mol. The van der Waals surface area contributed by atoms with E-state index >= 15 is 0 Å². The van der Waals surface area contributed by atoms with Crippen LogP contribution in [0.1, 0.15) is 16.0 Å².